The van der Waals surface area contributed by atoms with Gasteiger partial charge in [0.1, 0.15) is 5.75 Å². The second kappa shape index (κ2) is 6.06. The Morgan fingerprint density at radius 2 is 1.95 bits per heavy atom. The first kappa shape index (κ1) is 15.5. The van der Waals surface area contributed by atoms with Crippen molar-refractivity contribution in [2.75, 3.05) is 0 Å². The predicted octanol–water partition coefficient (Wildman–Crippen LogP) is 3.89. The van der Waals surface area contributed by atoms with Gasteiger partial charge in [0.2, 0.25) is 0 Å². The highest BCUT2D eigenvalue weighted by molar-refractivity contribution is 5.36. The first-order valence-corrected chi connectivity index (χ1v) is 5.58. The molecule has 0 amide bonds. The maximum absolute atomic E-state index is 12.9. The van der Waals surface area contributed by atoms with Gasteiger partial charge in [0.15, 0.2) is 0 Å². The Bertz CT molecular complexity index is 448. The van der Waals surface area contributed by atoms with Crippen LogP contribution in [0.1, 0.15) is 24.9 Å². The third-order valence-corrected chi connectivity index (χ3v) is 2.39. The molecular formula is C13H15F4NO. The minimum atomic E-state index is -4.54. The molecule has 0 spiro atoms. The standard InChI is InChI=1S/C13H15F4NO/c1-8(2)7-10(18)9-5-3-4-6-11(9)19-13(16,17)12(14)15/h3-6,10,12H,1,7,18H2,2H3/t10-/m0/s1. The molecule has 1 aromatic carbocycles. The van der Waals surface area contributed by atoms with Crippen molar-refractivity contribution in [3.63, 3.8) is 0 Å². The van der Waals surface area contributed by atoms with E-state index in [1.54, 1.807) is 13.0 Å². The van der Waals surface area contributed by atoms with Crippen molar-refractivity contribution in [3.8, 4) is 5.75 Å². The van der Waals surface area contributed by atoms with Crippen molar-refractivity contribution in [1.82, 2.24) is 0 Å². The van der Waals surface area contributed by atoms with Crippen LogP contribution in [0.5, 0.6) is 5.75 Å². The zero-order valence-corrected chi connectivity index (χ0v) is 10.4. The number of halogens is 4. The molecule has 1 rings (SSSR count). The Labute approximate surface area is 108 Å². The lowest BCUT2D eigenvalue weighted by Gasteiger charge is -2.21. The second-order valence-corrected chi connectivity index (χ2v) is 4.27. The van der Waals surface area contributed by atoms with Gasteiger partial charge in [-0.05, 0) is 19.4 Å². The third kappa shape index (κ3) is 4.24. The summed E-state index contributed by atoms with van der Waals surface area (Å²) in [5, 5.41) is 0. The zero-order chi connectivity index (χ0) is 14.6. The van der Waals surface area contributed by atoms with Crippen LogP contribution in [0.3, 0.4) is 0 Å². The first-order valence-electron chi connectivity index (χ1n) is 5.58. The van der Waals surface area contributed by atoms with Crippen molar-refractivity contribution in [2.24, 2.45) is 5.73 Å². The Morgan fingerprint density at radius 1 is 1.37 bits per heavy atom. The monoisotopic (exact) mass is 277 g/mol. The van der Waals surface area contributed by atoms with E-state index >= 15 is 0 Å². The maximum Gasteiger partial charge on any atom is 0.461 e. The van der Waals surface area contributed by atoms with Gasteiger partial charge in [0.05, 0.1) is 0 Å². The van der Waals surface area contributed by atoms with Gasteiger partial charge in [-0.15, -0.1) is 6.58 Å². The summed E-state index contributed by atoms with van der Waals surface area (Å²) in [7, 11) is 0. The molecule has 0 aliphatic carbocycles. The summed E-state index contributed by atoms with van der Waals surface area (Å²) in [5.74, 6) is -0.346. The lowest BCUT2D eigenvalue weighted by molar-refractivity contribution is -0.253. The second-order valence-electron chi connectivity index (χ2n) is 4.27. The normalized spacial score (nSPS) is 13.4. The summed E-state index contributed by atoms with van der Waals surface area (Å²) < 4.78 is 54.2. The van der Waals surface area contributed by atoms with Gasteiger partial charge < -0.3 is 10.5 Å². The zero-order valence-electron chi connectivity index (χ0n) is 10.4. The fraction of sp³-hybridized carbons (Fsp3) is 0.385. The summed E-state index contributed by atoms with van der Waals surface area (Å²) >= 11 is 0. The van der Waals surface area contributed by atoms with E-state index in [1.165, 1.54) is 18.2 Å². The molecule has 0 saturated heterocycles. The molecule has 0 unspecified atom stereocenters. The highest BCUT2D eigenvalue weighted by Gasteiger charge is 2.44. The fourth-order valence-corrected chi connectivity index (χ4v) is 1.56. The van der Waals surface area contributed by atoms with Crippen LogP contribution in [-0.2, 0) is 0 Å². The van der Waals surface area contributed by atoms with E-state index in [2.05, 4.69) is 11.3 Å². The van der Waals surface area contributed by atoms with E-state index in [1.807, 2.05) is 0 Å². The van der Waals surface area contributed by atoms with Gasteiger partial charge >= 0.3 is 12.5 Å². The fourth-order valence-electron chi connectivity index (χ4n) is 1.56. The van der Waals surface area contributed by atoms with Gasteiger partial charge in [-0.2, -0.15) is 17.6 Å². The Kier molecular flexibility index (Phi) is 4.94. The van der Waals surface area contributed by atoms with Gasteiger partial charge in [-0.3, -0.25) is 0 Å². The third-order valence-electron chi connectivity index (χ3n) is 2.39. The van der Waals surface area contributed by atoms with Gasteiger partial charge in [-0.1, -0.05) is 23.8 Å². The Morgan fingerprint density at radius 3 is 2.47 bits per heavy atom. The SMILES string of the molecule is C=C(C)C[C@H](N)c1ccccc1OC(F)(F)C(F)F. The van der Waals surface area contributed by atoms with E-state index in [4.69, 9.17) is 5.73 Å². The van der Waals surface area contributed by atoms with Gasteiger partial charge in [-0.25, -0.2) is 0 Å². The van der Waals surface area contributed by atoms with Gasteiger partial charge in [0.25, 0.3) is 0 Å². The number of hydrogen-bond acceptors (Lipinski definition) is 2. The van der Waals surface area contributed by atoms with E-state index < -0.39 is 18.6 Å². The van der Waals surface area contributed by atoms with Crippen LogP contribution in [0.15, 0.2) is 36.4 Å². The summed E-state index contributed by atoms with van der Waals surface area (Å²) in [6.07, 6.45) is -8.10. The minimum absolute atomic E-state index is 0.242. The molecule has 6 heteroatoms. The van der Waals surface area contributed by atoms with Crippen LogP contribution < -0.4 is 10.5 Å². The lowest BCUT2D eigenvalue weighted by Crippen LogP contribution is -2.34. The average Bonchev–Trinajstić information content (AvgIpc) is 2.27. The molecule has 0 fully saturated rings. The number of benzene rings is 1. The lowest BCUT2D eigenvalue weighted by atomic mass is 10.0. The van der Waals surface area contributed by atoms with Crippen LogP contribution in [0.2, 0.25) is 0 Å². The number of hydrogen-bond donors (Lipinski definition) is 1. The molecule has 0 aromatic heterocycles. The molecule has 0 saturated carbocycles. The summed E-state index contributed by atoms with van der Waals surface area (Å²) in [6, 6.07) is 4.99. The minimum Gasteiger partial charge on any atom is -0.428 e. The molecule has 0 aliphatic heterocycles. The smallest absolute Gasteiger partial charge is 0.428 e. The van der Waals surface area contributed by atoms with Gasteiger partial charge in [0, 0.05) is 11.6 Å². The molecule has 0 bridgehead atoms. The molecule has 0 radical (unpaired) electrons. The molecule has 19 heavy (non-hydrogen) atoms. The van der Waals surface area contributed by atoms with E-state index in [9.17, 15) is 17.6 Å². The van der Waals surface area contributed by atoms with E-state index in [0.29, 0.717) is 6.42 Å². The summed E-state index contributed by atoms with van der Waals surface area (Å²) in [4.78, 5) is 0. The molecule has 2 N–H and O–H groups in total. The van der Waals surface area contributed by atoms with Crippen LogP contribution in [0.4, 0.5) is 17.6 Å². The van der Waals surface area contributed by atoms with Crippen LogP contribution >= 0.6 is 0 Å². The molecule has 2 nitrogen and oxygen atoms in total. The van der Waals surface area contributed by atoms with E-state index in [0.717, 1.165) is 5.57 Å². The summed E-state index contributed by atoms with van der Waals surface area (Å²) in [5.41, 5.74) is 6.81. The number of rotatable bonds is 6. The Hall–Kier alpha value is -1.56. The number of nitrogens with two attached hydrogens (primary N) is 1. The predicted molar refractivity (Wildman–Crippen MR) is 64.4 cm³/mol. The molecule has 1 atom stereocenters. The van der Waals surface area contributed by atoms with Crippen molar-refractivity contribution < 1.29 is 22.3 Å². The highest BCUT2D eigenvalue weighted by Crippen LogP contribution is 2.33. The maximum atomic E-state index is 12.9. The molecular weight excluding hydrogens is 262 g/mol. The average molecular weight is 277 g/mol. The van der Waals surface area contributed by atoms with Crippen LogP contribution in [0, 0.1) is 0 Å². The van der Waals surface area contributed by atoms with Crippen LogP contribution in [-0.4, -0.2) is 12.5 Å². The number of alkyl halides is 4. The molecule has 0 heterocycles. The van der Waals surface area contributed by atoms with Crippen molar-refractivity contribution in [2.45, 2.75) is 31.9 Å². The first-order chi connectivity index (χ1) is 8.74. The Balaban J connectivity index is 2.99. The topological polar surface area (TPSA) is 35.2 Å². The number of para-hydroxylation sites is 1. The number of ether oxygens (including phenoxy) is 1. The molecule has 0 aliphatic rings. The van der Waals surface area contributed by atoms with E-state index in [-0.39, 0.29) is 11.3 Å². The van der Waals surface area contributed by atoms with Crippen molar-refractivity contribution in [3.05, 3.63) is 42.0 Å². The molecule has 1 aromatic rings. The highest BCUT2D eigenvalue weighted by atomic mass is 19.3. The van der Waals surface area contributed by atoms with Crippen molar-refractivity contribution in [1.29, 1.82) is 0 Å². The largest absolute Gasteiger partial charge is 0.461 e. The molecule has 106 valence electrons. The van der Waals surface area contributed by atoms with Crippen molar-refractivity contribution >= 4 is 0 Å². The van der Waals surface area contributed by atoms with Crippen LogP contribution in [0.25, 0.3) is 0 Å². The quantitative estimate of drug-likeness (QED) is 0.632. The summed E-state index contributed by atoms with van der Waals surface area (Å²) in [6.45, 7) is 5.40.